The van der Waals surface area contributed by atoms with E-state index in [0.717, 1.165) is 15.9 Å². The Morgan fingerprint density at radius 3 is 2.38 bits per heavy atom. The van der Waals surface area contributed by atoms with Crippen molar-refractivity contribution >= 4 is 21.6 Å². The van der Waals surface area contributed by atoms with Crippen molar-refractivity contribution in [3.63, 3.8) is 0 Å². The molecular formula is C10H14BrNO. The lowest BCUT2D eigenvalue weighted by molar-refractivity contribution is 0.412. The van der Waals surface area contributed by atoms with Crippen molar-refractivity contribution in [1.82, 2.24) is 0 Å². The second-order valence-electron chi connectivity index (χ2n) is 3.17. The molecule has 0 aliphatic rings. The Bertz CT molecular complexity index is 310. The molecule has 0 spiro atoms. The van der Waals surface area contributed by atoms with Crippen LogP contribution >= 0.6 is 15.9 Å². The standard InChI is InChI=1S/C10H14BrNO/c1-7-5-8(12(2)3)6-9(13-4)10(7)11/h5-6H,1-4H3. The van der Waals surface area contributed by atoms with Gasteiger partial charge in [-0.25, -0.2) is 0 Å². The van der Waals surface area contributed by atoms with Gasteiger partial charge in [-0.05, 0) is 34.5 Å². The van der Waals surface area contributed by atoms with Gasteiger partial charge in [0.25, 0.3) is 0 Å². The number of aryl methyl sites for hydroxylation is 1. The van der Waals surface area contributed by atoms with Crippen LogP contribution in [0.1, 0.15) is 5.56 Å². The van der Waals surface area contributed by atoms with Crippen molar-refractivity contribution in [1.29, 1.82) is 0 Å². The Hall–Kier alpha value is -0.700. The van der Waals surface area contributed by atoms with Crippen molar-refractivity contribution in [2.24, 2.45) is 0 Å². The number of benzene rings is 1. The number of hydrogen-bond donors (Lipinski definition) is 0. The minimum absolute atomic E-state index is 0.878. The van der Waals surface area contributed by atoms with E-state index in [4.69, 9.17) is 4.74 Å². The fourth-order valence-electron chi connectivity index (χ4n) is 1.13. The lowest BCUT2D eigenvalue weighted by Crippen LogP contribution is -2.09. The van der Waals surface area contributed by atoms with Crippen molar-refractivity contribution in [2.75, 3.05) is 26.1 Å². The molecular weight excluding hydrogens is 230 g/mol. The molecule has 72 valence electrons. The summed E-state index contributed by atoms with van der Waals surface area (Å²) >= 11 is 3.48. The van der Waals surface area contributed by atoms with Crippen LogP contribution in [0.25, 0.3) is 0 Å². The summed E-state index contributed by atoms with van der Waals surface area (Å²) in [6.45, 7) is 2.06. The van der Waals surface area contributed by atoms with E-state index in [-0.39, 0.29) is 0 Å². The monoisotopic (exact) mass is 243 g/mol. The van der Waals surface area contributed by atoms with Crippen molar-refractivity contribution in [3.05, 3.63) is 22.2 Å². The minimum Gasteiger partial charge on any atom is -0.495 e. The van der Waals surface area contributed by atoms with Gasteiger partial charge in [0.15, 0.2) is 0 Å². The second-order valence-corrected chi connectivity index (χ2v) is 3.97. The molecule has 2 nitrogen and oxygen atoms in total. The number of methoxy groups -OCH3 is 1. The molecule has 1 aromatic rings. The van der Waals surface area contributed by atoms with Crippen LogP contribution in [-0.2, 0) is 0 Å². The van der Waals surface area contributed by atoms with E-state index in [2.05, 4.69) is 33.8 Å². The topological polar surface area (TPSA) is 12.5 Å². The summed E-state index contributed by atoms with van der Waals surface area (Å²) in [5.41, 5.74) is 2.33. The molecule has 0 unspecified atom stereocenters. The summed E-state index contributed by atoms with van der Waals surface area (Å²) in [5, 5.41) is 0. The van der Waals surface area contributed by atoms with E-state index in [1.165, 1.54) is 5.56 Å². The number of anilines is 1. The largest absolute Gasteiger partial charge is 0.495 e. The van der Waals surface area contributed by atoms with Gasteiger partial charge in [-0.3, -0.25) is 0 Å². The van der Waals surface area contributed by atoms with Gasteiger partial charge in [0.2, 0.25) is 0 Å². The normalized spacial score (nSPS) is 9.92. The predicted molar refractivity (Wildman–Crippen MR) is 59.8 cm³/mol. The molecule has 1 aromatic carbocycles. The molecule has 1 rings (SSSR count). The molecule has 0 saturated carbocycles. The van der Waals surface area contributed by atoms with Crippen LogP contribution in [-0.4, -0.2) is 21.2 Å². The lowest BCUT2D eigenvalue weighted by Gasteiger charge is -2.16. The van der Waals surface area contributed by atoms with E-state index in [9.17, 15) is 0 Å². The van der Waals surface area contributed by atoms with Gasteiger partial charge in [0.05, 0.1) is 11.6 Å². The molecule has 0 fully saturated rings. The SMILES string of the molecule is COc1cc(N(C)C)cc(C)c1Br. The van der Waals surface area contributed by atoms with Gasteiger partial charge < -0.3 is 9.64 Å². The van der Waals surface area contributed by atoms with Gasteiger partial charge in [0, 0.05) is 25.8 Å². The maximum absolute atomic E-state index is 5.24. The number of hydrogen-bond acceptors (Lipinski definition) is 2. The Balaban J connectivity index is 3.22. The third-order valence-electron chi connectivity index (χ3n) is 1.94. The zero-order valence-electron chi connectivity index (χ0n) is 8.39. The summed E-state index contributed by atoms with van der Waals surface area (Å²) in [4.78, 5) is 2.06. The van der Waals surface area contributed by atoms with E-state index in [1.807, 2.05) is 20.2 Å². The Labute approximate surface area is 87.6 Å². The van der Waals surface area contributed by atoms with Crippen LogP contribution in [0.3, 0.4) is 0 Å². The summed E-state index contributed by atoms with van der Waals surface area (Å²) < 4.78 is 6.27. The molecule has 0 aliphatic carbocycles. The number of rotatable bonds is 2. The van der Waals surface area contributed by atoms with Gasteiger partial charge in [-0.2, -0.15) is 0 Å². The highest BCUT2D eigenvalue weighted by molar-refractivity contribution is 9.10. The Kier molecular flexibility index (Phi) is 3.20. The zero-order valence-corrected chi connectivity index (χ0v) is 9.97. The van der Waals surface area contributed by atoms with Crippen LogP contribution in [0, 0.1) is 6.92 Å². The molecule has 0 bridgehead atoms. The summed E-state index contributed by atoms with van der Waals surface area (Å²) in [6, 6.07) is 4.13. The highest BCUT2D eigenvalue weighted by Crippen LogP contribution is 2.32. The molecule has 13 heavy (non-hydrogen) atoms. The van der Waals surface area contributed by atoms with Crippen LogP contribution in [0.4, 0.5) is 5.69 Å². The summed E-state index contributed by atoms with van der Waals surface area (Å²) in [6.07, 6.45) is 0. The second kappa shape index (κ2) is 4.01. The van der Waals surface area contributed by atoms with Gasteiger partial charge in [0.1, 0.15) is 5.75 Å². The molecule has 3 heteroatoms. The first-order chi connectivity index (χ1) is 6.06. The minimum atomic E-state index is 0.878. The number of ether oxygens (including phenoxy) is 1. The van der Waals surface area contributed by atoms with Crippen LogP contribution in [0.2, 0.25) is 0 Å². The molecule has 0 radical (unpaired) electrons. The van der Waals surface area contributed by atoms with Crippen LogP contribution in [0.15, 0.2) is 16.6 Å². The quantitative estimate of drug-likeness (QED) is 0.793. The molecule has 0 amide bonds. The predicted octanol–water partition coefficient (Wildman–Crippen LogP) is 2.83. The lowest BCUT2D eigenvalue weighted by atomic mass is 10.2. The van der Waals surface area contributed by atoms with Crippen molar-refractivity contribution < 1.29 is 4.74 Å². The smallest absolute Gasteiger partial charge is 0.135 e. The highest BCUT2D eigenvalue weighted by atomic mass is 79.9. The van der Waals surface area contributed by atoms with Crippen LogP contribution in [0.5, 0.6) is 5.75 Å². The zero-order chi connectivity index (χ0) is 10.0. The van der Waals surface area contributed by atoms with Crippen molar-refractivity contribution in [2.45, 2.75) is 6.92 Å². The van der Waals surface area contributed by atoms with Gasteiger partial charge in [-0.15, -0.1) is 0 Å². The molecule has 0 aliphatic heterocycles. The highest BCUT2D eigenvalue weighted by Gasteiger charge is 2.06. The first kappa shape index (κ1) is 10.4. The third kappa shape index (κ3) is 2.15. The van der Waals surface area contributed by atoms with E-state index < -0.39 is 0 Å². The first-order valence-corrected chi connectivity index (χ1v) is 4.87. The molecule has 0 aromatic heterocycles. The maximum atomic E-state index is 5.24. The average molecular weight is 244 g/mol. The molecule has 0 N–H and O–H groups in total. The fraction of sp³-hybridized carbons (Fsp3) is 0.400. The maximum Gasteiger partial charge on any atom is 0.135 e. The van der Waals surface area contributed by atoms with Gasteiger partial charge in [-0.1, -0.05) is 0 Å². The molecule has 0 atom stereocenters. The summed E-state index contributed by atoms with van der Waals surface area (Å²) in [7, 11) is 5.71. The first-order valence-electron chi connectivity index (χ1n) is 4.07. The third-order valence-corrected chi connectivity index (χ3v) is 2.96. The Morgan fingerprint density at radius 2 is 1.92 bits per heavy atom. The van der Waals surface area contributed by atoms with Crippen LogP contribution < -0.4 is 9.64 Å². The molecule has 0 heterocycles. The number of halogens is 1. The van der Waals surface area contributed by atoms with E-state index in [0.29, 0.717) is 0 Å². The summed E-state index contributed by atoms with van der Waals surface area (Å²) in [5.74, 6) is 0.878. The van der Waals surface area contributed by atoms with Gasteiger partial charge >= 0.3 is 0 Å². The van der Waals surface area contributed by atoms with E-state index in [1.54, 1.807) is 7.11 Å². The number of nitrogens with zero attached hydrogens (tertiary/aromatic N) is 1. The van der Waals surface area contributed by atoms with Crippen molar-refractivity contribution in [3.8, 4) is 5.75 Å². The fourth-order valence-corrected chi connectivity index (χ4v) is 1.52. The Morgan fingerprint density at radius 1 is 1.31 bits per heavy atom. The molecule has 0 saturated heterocycles. The average Bonchev–Trinajstić information content (AvgIpc) is 2.09. The van der Waals surface area contributed by atoms with E-state index >= 15 is 0 Å².